The highest BCUT2D eigenvalue weighted by Gasteiger charge is 2.09. The molecule has 1 N–H and O–H groups in total. The van der Waals surface area contributed by atoms with E-state index in [1.54, 1.807) is 24.3 Å². The van der Waals surface area contributed by atoms with Gasteiger partial charge in [0.05, 0.1) is 5.56 Å². The van der Waals surface area contributed by atoms with E-state index in [0.29, 0.717) is 11.3 Å². The number of carbonyl (C=O) groups is 2. The summed E-state index contributed by atoms with van der Waals surface area (Å²) < 4.78 is 4.95. The average molecular weight is 269 g/mol. The molecule has 0 aliphatic rings. The van der Waals surface area contributed by atoms with E-state index in [9.17, 15) is 9.59 Å². The number of rotatable bonds is 4. The van der Waals surface area contributed by atoms with Crippen molar-refractivity contribution in [2.75, 3.05) is 11.9 Å². The Morgan fingerprint density at radius 2 is 1.65 bits per heavy atom. The highest BCUT2D eigenvalue weighted by molar-refractivity contribution is 5.95. The van der Waals surface area contributed by atoms with Crippen LogP contribution in [0.1, 0.15) is 15.9 Å². The first-order valence-corrected chi connectivity index (χ1v) is 6.24. The maximum absolute atomic E-state index is 11.7. The van der Waals surface area contributed by atoms with Crippen LogP contribution in [0, 0.1) is 6.92 Å². The summed E-state index contributed by atoms with van der Waals surface area (Å²) in [6, 6.07) is 16.0. The Hall–Kier alpha value is -2.62. The van der Waals surface area contributed by atoms with Crippen molar-refractivity contribution in [3.05, 3.63) is 65.7 Å². The highest BCUT2D eigenvalue weighted by Crippen LogP contribution is 2.06. The minimum absolute atomic E-state index is 0.304. The van der Waals surface area contributed by atoms with Gasteiger partial charge >= 0.3 is 5.97 Å². The van der Waals surface area contributed by atoms with Crippen LogP contribution >= 0.6 is 0 Å². The lowest BCUT2D eigenvalue weighted by molar-refractivity contribution is -0.119. The van der Waals surface area contributed by atoms with Crippen molar-refractivity contribution in [2.45, 2.75) is 6.92 Å². The van der Waals surface area contributed by atoms with E-state index in [-0.39, 0.29) is 12.5 Å². The Labute approximate surface area is 117 Å². The molecule has 0 spiro atoms. The molecular formula is C16H15NO3. The fraction of sp³-hybridized carbons (Fsp3) is 0.125. The number of anilines is 1. The van der Waals surface area contributed by atoms with E-state index in [0.717, 1.165) is 5.56 Å². The van der Waals surface area contributed by atoms with Crippen LogP contribution in [-0.4, -0.2) is 18.5 Å². The minimum Gasteiger partial charge on any atom is -0.452 e. The number of benzene rings is 2. The molecule has 0 atom stereocenters. The van der Waals surface area contributed by atoms with Gasteiger partial charge in [0.15, 0.2) is 6.61 Å². The second-order valence-electron chi connectivity index (χ2n) is 4.36. The van der Waals surface area contributed by atoms with E-state index in [1.807, 2.05) is 37.3 Å². The fourth-order valence-corrected chi connectivity index (χ4v) is 1.62. The first-order valence-electron chi connectivity index (χ1n) is 6.24. The molecule has 2 rings (SSSR count). The lowest BCUT2D eigenvalue weighted by Crippen LogP contribution is -2.20. The van der Waals surface area contributed by atoms with Gasteiger partial charge in [-0.2, -0.15) is 0 Å². The van der Waals surface area contributed by atoms with Crippen molar-refractivity contribution in [2.24, 2.45) is 0 Å². The molecule has 0 radical (unpaired) electrons. The van der Waals surface area contributed by atoms with Gasteiger partial charge in [-0.05, 0) is 31.2 Å². The fourth-order valence-electron chi connectivity index (χ4n) is 1.62. The van der Waals surface area contributed by atoms with Crippen LogP contribution in [0.4, 0.5) is 5.69 Å². The van der Waals surface area contributed by atoms with Crippen molar-refractivity contribution in [1.29, 1.82) is 0 Å². The van der Waals surface area contributed by atoms with Gasteiger partial charge in [-0.25, -0.2) is 4.79 Å². The Morgan fingerprint density at radius 1 is 1.00 bits per heavy atom. The predicted octanol–water partition coefficient (Wildman–Crippen LogP) is 2.79. The van der Waals surface area contributed by atoms with Crippen molar-refractivity contribution >= 4 is 17.6 Å². The van der Waals surface area contributed by atoms with Crippen LogP contribution in [0.15, 0.2) is 54.6 Å². The lowest BCUT2D eigenvalue weighted by atomic mass is 10.1. The molecule has 0 aliphatic heterocycles. The SMILES string of the molecule is Cc1ccc(C(=O)OCC(=O)Nc2ccccc2)cc1. The van der Waals surface area contributed by atoms with Crippen LogP contribution in [0.3, 0.4) is 0 Å². The molecule has 0 saturated heterocycles. The molecule has 0 bridgehead atoms. The molecule has 0 saturated carbocycles. The number of aryl methyl sites for hydroxylation is 1. The van der Waals surface area contributed by atoms with Crippen molar-refractivity contribution in [3.63, 3.8) is 0 Å². The van der Waals surface area contributed by atoms with Gasteiger partial charge in [0.25, 0.3) is 5.91 Å². The summed E-state index contributed by atoms with van der Waals surface area (Å²) in [5, 5.41) is 2.64. The Balaban J connectivity index is 1.84. The number of amides is 1. The van der Waals surface area contributed by atoms with Gasteiger partial charge < -0.3 is 10.1 Å². The summed E-state index contributed by atoms with van der Waals surface area (Å²) in [5.74, 6) is -0.870. The predicted molar refractivity (Wildman–Crippen MR) is 76.5 cm³/mol. The van der Waals surface area contributed by atoms with Crippen molar-refractivity contribution in [3.8, 4) is 0 Å². The van der Waals surface area contributed by atoms with Crippen LogP contribution in [0.2, 0.25) is 0 Å². The molecule has 4 heteroatoms. The van der Waals surface area contributed by atoms with E-state index in [1.165, 1.54) is 0 Å². The molecule has 2 aromatic carbocycles. The van der Waals surface area contributed by atoms with Crippen molar-refractivity contribution in [1.82, 2.24) is 0 Å². The molecule has 0 fully saturated rings. The molecule has 2 aromatic rings. The Morgan fingerprint density at radius 3 is 2.30 bits per heavy atom. The normalized spacial score (nSPS) is 9.85. The maximum Gasteiger partial charge on any atom is 0.338 e. The quantitative estimate of drug-likeness (QED) is 0.868. The smallest absolute Gasteiger partial charge is 0.338 e. The number of nitrogens with one attached hydrogen (secondary N) is 1. The molecule has 102 valence electrons. The van der Waals surface area contributed by atoms with Crippen LogP contribution in [-0.2, 0) is 9.53 Å². The minimum atomic E-state index is -0.506. The van der Waals surface area contributed by atoms with E-state index < -0.39 is 5.97 Å². The number of esters is 1. The average Bonchev–Trinajstić information content (AvgIpc) is 2.46. The highest BCUT2D eigenvalue weighted by atomic mass is 16.5. The van der Waals surface area contributed by atoms with Gasteiger partial charge in [0.1, 0.15) is 0 Å². The van der Waals surface area contributed by atoms with Gasteiger partial charge in [-0.3, -0.25) is 4.79 Å². The first-order chi connectivity index (χ1) is 9.65. The first kappa shape index (κ1) is 13.8. The molecule has 1 amide bonds. The summed E-state index contributed by atoms with van der Waals surface area (Å²) in [4.78, 5) is 23.3. The van der Waals surface area contributed by atoms with E-state index in [4.69, 9.17) is 4.74 Å². The molecule has 20 heavy (non-hydrogen) atoms. The zero-order valence-electron chi connectivity index (χ0n) is 11.1. The second-order valence-corrected chi connectivity index (χ2v) is 4.36. The third kappa shape index (κ3) is 3.95. The van der Waals surface area contributed by atoms with Gasteiger partial charge in [0.2, 0.25) is 0 Å². The number of ether oxygens (including phenoxy) is 1. The van der Waals surface area contributed by atoms with E-state index >= 15 is 0 Å². The summed E-state index contributed by atoms with van der Waals surface area (Å²) in [7, 11) is 0. The summed E-state index contributed by atoms with van der Waals surface area (Å²) in [6.07, 6.45) is 0. The molecule has 0 unspecified atom stereocenters. The molecule has 0 heterocycles. The lowest BCUT2D eigenvalue weighted by Gasteiger charge is -2.06. The maximum atomic E-state index is 11.7. The molecule has 0 aliphatic carbocycles. The molecule has 0 aromatic heterocycles. The standard InChI is InChI=1S/C16H15NO3/c1-12-7-9-13(10-8-12)16(19)20-11-15(18)17-14-5-3-2-4-6-14/h2-10H,11H2,1H3,(H,17,18). The van der Waals surface area contributed by atoms with E-state index in [2.05, 4.69) is 5.32 Å². The zero-order chi connectivity index (χ0) is 14.4. The largest absolute Gasteiger partial charge is 0.452 e. The van der Waals surface area contributed by atoms with Gasteiger partial charge in [-0.15, -0.1) is 0 Å². The summed E-state index contributed by atoms with van der Waals surface area (Å²) >= 11 is 0. The van der Waals surface area contributed by atoms with Gasteiger partial charge in [0, 0.05) is 5.69 Å². The van der Waals surface area contributed by atoms with Crippen molar-refractivity contribution < 1.29 is 14.3 Å². The second kappa shape index (κ2) is 6.52. The number of carbonyl (C=O) groups excluding carboxylic acids is 2. The monoisotopic (exact) mass is 269 g/mol. The Kier molecular flexibility index (Phi) is 4.50. The van der Waals surface area contributed by atoms with Gasteiger partial charge in [-0.1, -0.05) is 35.9 Å². The third-order valence-electron chi connectivity index (χ3n) is 2.68. The van der Waals surface area contributed by atoms with Crippen LogP contribution < -0.4 is 5.32 Å². The number of para-hydroxylation sites is 1. The zero-order valence-corrected chi connectivity index (χ0v) is 11.1. The number of hydrogen-bond donors (Lipinski definition) is 1. The Bertz CT molecular complexity index is 591. The third-order valence-corrected chi connectivity index (χ3v) is 2.68. The van der Waals surface area contributed by atoms with Crippen LogP contribution in [0.25, 0.3) is 0 Å². The molecular weight excluding hydrogens is 254 g/mol. The topological polar surface area (TPSA) is 55.4 Å². The molecule has 4 nitrogen and oxygen atoms in total. The number of hydrogen-bond acceptors (Lipinski definition) is 3. The van der Waals surface area contributed by atoms with Crippen LogP contribution in [0.5, 0.6) is 0 Å². The summed E-state index contributed by atoms with van der Waals surface area (Å²) in [6.45, 7) is 1.63. The summed E-state index contributed by atoms with van der Waals surface area (Å²) in [5.41, 5.74) is 2.16.